The SMILES string of the molecule is CO[C@@H]1CC=C2CCN3CCC4=C(C(=O)OC4)[C@@]23C1. The van der Waals surface area contributed by atoms with Gasteiger partial charge in [0.25, 0.3) is 0 Å². The second-order valence-electron chi connectivity index (χ2n) is 5.93. The van der Waals surface area contributed by atoms with Crippen molar-refractivity contribution in [2.75, 3.05) is 26.8 Å². The van der Waals surface area contributed by atoms with Crippen LogP contribution < -0.4 is 0 Å². The highest BCUT2D eigenvalue weighted by Crippen LogP contribution is 2.52. The van der Waals surface area contributed by atoms with Crippen molar-refractivity contribution < 1.29 is 14.3 Å². The van der Waals surface area contributed by atoms with Crippen LogP contribution in [-0.2, 0) is 14.3 Å². The molecule has 0 saturated carbocycles. The third-order valence-corrected chi connectivity index (χ3v) is 5.24. The molecule has 3 aliphatic heterocycles. The Morgan fingerprint density at radius 2 is 2.26 bits per heavy atom. The van der Waals surface area contributed by atoms with Gasteiger partial charge in [-0.2, -0.15) is 0 Å². The Balaban J connectivity index is 1.88. The summed E-state index contributed by atoms with van der Waals surface area (Å²) in [6.07, 6.45) is 6.46. The molecule has 0 radical (unpaired) electrons. The van der Waals surface area contributed by atoms with Crippen molar-refractivity contribution in [2.45, 2.75) is 37.3 Å². The topological polar surface area (TPSA) is 38.8 Å². The largest absolute Gasteiger partial charge is 0.458 e. The Hall–Kier alpha value is -1.13. The molecule has 0 unspecified atom stereocenters. The second kappa shape index (κ2) is 3.93. The number of hydrogen-bond acceptors (Lipinski definition) is 4. The molecule has 4 nitrogen and oxygen atoms in total. The number of methoxy groups -OCH3 is 1. The third kappa shape index (κ3) is 1.39. The van der Waals surface area contributed by atoms with Crippen molar-refractivity contribution >= 4 is 5.97 Å². The summed E-state index contributed by atoms with van der Waals surface area (Å²) >= 11 is 0. The fourth-order valence-corrected chi connectivity index (χ4v) is 4.35. The van der Waals surface area contributed by atoms with Crippen LogP contribution in [-0.4, -0.2) is 49.3 Å². The summed E-state index contributed by atoms with van der Waals surface area (Å²) in [4.78, 5) is 14.7. The van der Waals surface area contributed by atoms with Gasteiger partial charge >= 0.3 is 5.97 Å². The Morgan fingerprint density at radius 3 is 3.11 bits per heavy atom. The van der Waals surface area contributed by atoms with Crippen LogP contribution >= 0.6 is 0 Å². The van der Waals surface area contributed by atoms with E-state index in [1.165, 1.54) is 11.1 Å². The first-order valence-corrected chi connectivity index (χ1v) is 7.12. The van der Waals surface area contributed by atoms with Crippen LogP contribution in [0.5, 0.6) is 0 Å². The number of carbonyl (C=O) groups excluding carboxylic acids is 1. The average Bonchev–Trinajstić information content (AvgIpc) is 2.99. The molecule has 1 fully saturated rings. The maximum absolute atomic E-state index is 12.2. The number of nitrogens with zero attached hydrogens (tertiary/aromatic N) is 1. The van der Waals surface area contributed by atoms with Gasteiger partial charge in [-0.05, 0) is 30.4 Å². The number of esters is 1. The van der Waals surface area contributed by atoms with E-state index in [-0.39, 0.29) is 17.6 Å². The molecule has 19 heavy (non-hydrogen) atoms. The number of hydrogen-bond donors (Lipinski definition) is 0. The number of cyclic esters (lactones) is 1. The molecule has 4 heteroatoms. The van der Waals surface area contributed by atoms with Crippen molar-refractivity contribution in [3.8, 4) is 0 Å². The maximum Gasteiger partial charge on any atom is 0.336 e. The van der Waals surface area contributed by atoms with Crippen LogP contribution in [0.3, 0.4) is 0 Å². The van der Waals surface area contributed by atoms with Gasteiger partial charge in [0.2, 0.25) is 0 Å². The summed E-state index contributed by atoms with van der Waals surface area (Å²) in [5, 5.41) is 0. The Bertz CT molecular complexity index is 508. The van der Waals surface area contributed by atoms with E-state index in [1.807, 2.05) is 0 Å². The number of rotatable bonds is 1. The van der Waals surface area contributed by atoms with Crippen LogP contribution in [0.15, 0.2) is 22.8 Å². The molecule has 102 valence electrons. The maximum atomic E-state index is 12.2. The van der Waals surface area contributed by atoms with Gasteiger partial charge in [-0.25, -0.2) is 4.79 Å². The fraction of sp³-hybridized carbons (Fsp3) is 0.667. The van der Waals surface area contributed by atoms with Crippen LogP contribution in [0.25, 0.3) is 0 Å². The lowest BCUT2D eigenvalue weighted by Gasteiger charge is -2.46. The van der Waals surface area contributed by atoms with Gasteiger partial charge in [0.15, 0.2) is 0 Å². The van der Waals surface area contributed by atoms with E-state index in [9.17, 15) is 4.79 Å². The van der Waals surface area contributed by atoms with Gasteiger partial charge in [-0.3, -0.25) is 4.90 Å². The Labute approximate surface area is 113 Å². The van der Waals surface area contributed by atoms with Crippen LogP contribution in [0.2, 0.25) is 0 Å². The number of ether oxygens (including phenoxy) is 2. The smallest absolute Gasteiger partial charge is 0.336 e. The zero-order valence-corrected chi connectivity index (χ0v) is 11.3. The molecule has 0 aromatic carbocycles. The number of carbonyl (C=O) groups is 1. The second-order valence-corrected chi connectivity index (χ2v) is 5.93. The zero-order chi connectivity index (χ0) is 13.0. The minimum absolute atomic E-state index is 0.0933. The Morgan fingerprint density at radius 1 is 1.42 bits per heavy atom. The lowest BCUT2D eigenvalue weighted by atomic mass is 9.71. The standard InChI is InChI=1S/C15H19NO3/c1-18-12-3-2-11-5-7-16-6-4-10-9-19-14(17)13(10)15(11,16)8-12/h2,12H,3-9H2,1H3/t12-,15-/m1/s1. The van der Waals surface area contributed by atoms with Crippen LogP contribution in [0.1, 0.15) is 25.7 Å². The quantitative estimate of drug-likeness (QED) is 0.528. The first-order valence-electron chi connectivity index (χ1n) is 7.12. The molecular formula is C15H19NO3. The summed E-state index contributed by atoms with van der Waals surface area (Å²) in [5.41, 5.74) is 3.40. The van der Waals surface area contributed by atoms with Crippen LogP contribution in [0.4, 0.5) is 0 Å². The lowest BCUT2D eigenvalue weighted by molar-refractivity contribution is -0.137. The summed E-state index contributed by atoms with van der Waals surface area (Å²) in [7, 11) is 1.77. The summed E-state index contributed by atoms with van der Waals surface area (Å²) in [6, 6.07) is 0. The molecule has 1 aliphatic carbocycles. The highest BCUT2D eigenvalue weighted by atomic mass is 16.5. The molecule has 4 rings (SSSR count). The third-order valence-electron chi connectivity index (χ3n) is 5.24. The highest BCUT2D eigenvalue weighted by molar-refractivity contribution is 5.96. The van der Waals surface area contributed by atoms with Gasteiger partial charge in [0, 0.05) is 26.6 Å². The van der Waals surface area contributed by atoms with E-state index in [0.29, 0.717) is 6.61 Å². The van der Waals surface area contributed by atoms with Crippen molar-refractivity contribution in [3.63, 3.8) is 0 Å². The zero-order valence-electron chi connectivity index (χ0n) is 11.3. The molecule has 2 atom stereocenters. The molecule has 1 spiro atoms. The van der Waals surface area contributed by atoms with E-state index in [2.05, 4.69) is 11.0 Å². The molecule has 3 heterocycles. The highest BCUT2D eigenvalue weighted by Gasteiger charge is 2.56. The molecule has 0 bridgehead atoms. The lowest BCUT2D eigenvalue weighted by Crippen LogP contribution is -2.54. The van der Waals surface area contributed by atoms with E-state index >= 15 is 0 Å². The summed E-state index contributed by atoms with van der Waals surface area (Å²) in [6.45, 7) is 2.62. The molecular weight excluding hydrogens is 242 g/mol. The first-order chi connectivity index (χ1) is 9.25. The van der Waals surface area contributed by atoms with Crippen molar-refractivity contribution in [1.82, 2.24) is 4.90 Å². The van der Waals surface area contributed by atoms with Gasteiger partial charge in [0.1, 0.15) is 6.61 Å². The molecule has 0 amide bonds. The van der Waals surface area contributed by atoms with Gasteiger partial charge in [-0.1, -0.05) is 6.08 Å². The van der Waals surface area contributed by atoms with E-state index in [1.54, 1.807) is 7.11 Å². The predicted molar refractivity (Wildman–Crippen MR) is 69.6 cm³/mol. The summed E-state index contributed by atoms with van der Waals surface area (Å²) in [5.74, 6) is -0.0933. The van der Waals surface area contributed by atoms with Gasteiger partial charge in [0.05, 0.1) is 17.2 Å². The van der Waals surface area contributed by atoms with E-state index in [0.717, 1.165) is 44.3 Å². The van der Waals surface area contributed by atoms with Crippen molar-refractivity contribution in [2.24, 2.45) is 0 Å². The minimum Gasteiger partial charge on any atom is -0.458 e. The Kier molecular flexibility index (Phi) is 2.42. The van der Waals surface area contributed by atoms with Crippen molar-refractivity contribution in [3.05, 3.63) is 22.8 Å². The molecule has 0 aromatic heterocycles. The minimum atomic E-state index is -0.194. The van der Waals surface area contributed by atoms with Crippen LogP contribution in [0, 0.1) is 0 Å². The normalized spacial score (nSPS) is 37.6. The fourth-order valence-electron chi connectivity index (χ4n) is 4.35. The summed E-state index contributed by atoms with van der Waals surface area (Å²) < 4.78 is 10.9. The van der Waals surface area contributed by atoms with E-state index in [4.69, 9.17) is 9.47 Å². The molecule has 4 aliphatic rings. The first kappa shape index (κ1) is 11.7. The van der Waals surface area contributed by atoms with Crippen molar-refractivity contribution in [1.29, 1.82) is 0 Å². The molecule has 1 saturated heterocycles. The van der Waals surface area contributed by atoms with E-state index < -0.39 is 0 Å². The van der Waals surface area contributed by atoms with Gasteiger partial charge < -0.3 is 9.47 Å². The molecule has 0 N–H and O–H groups in total. The predicted octanol–water partition coefficient (Wildman–Crippen LogP) is 1.42. The monoisotopic (exact) mass is 261 g/mol. The average molecular weight is 261 g/mol. The molecule has 0 aromatic rings. The van der Waals surface area contributed by atoms with Gasteiger partial charge in [-0.15, -0.1) is 0 Å².